The van der Waals surface area contributed by atoms with E-state index in [2.05, 4.69) is 9.63 Å². The molecule has 0 aliphatic heterocycles. The molecule has 0 aromatic heterocycles. The van der Waals surface area contributed by atoms with Crippen molar-refractivity contribution < 1.29 is 14.4 Å². The van der Waals surface area contributed by atoms with Crippen LogP contribution in [0.2, 0.25) is 0 Å². The van der Waals surface area contributed by atoms with Crippen LogP contribution < -0.4 is 0 Å². The fourth-order valence-electron chi connectivity index (χ4n) is 1.30. The Kier molecular flexibility index (Phi) is 5.61. The number of nitrogens with zero attached hydrogens (tertiary/aromatic N) is 3. The van der Waals surface area contributed by atoms with Gasteiger partial charge in [0.05, 0.1) is 12.8 Å². The molecule has 0 amide bonds. The Morgan fingerprint density at radius 3 is 2.50 bits per heavy atom. The monoisotopic (exact) mass is 219 g/mol. The van der Waals surface area contributed by atoms with Gasteiger partial charge in [0.15, 0.2) is 0 Å². The van der Waals surface area contributed by atoms with Gasteiger partial charge < -0.3 is 10.4 Å². The lowest BCUT2D eigenvalue weighted by atomic mass is 9.86. The van der Waals surface area contributed by atoms with Gasteiger partial charge in [-0.1, -0.05) is 12.2 Å². The Morgan fingerprint density at radius 1 is 1.50 bits per heavy atom. The van der Waals surface area contributed by atoms with Crippen LogP contribution in [0.5, 0.6) is 0 Å². The first-order valence-corrected chi connectivity index (χ1v) is 4.73. The Labute approximate surface area is 94.2 Å². The van der Waals surface area contributed by atoms with E-state index in [4.69, 9.17) is 12.1 Å². The molecule has 0 radical (unpaired) electrons. The number of rotatable bonds is 6. The minimum atomic E-state index is -1.47. The summed E-state index contributed by atoms with van der Waals surface area (Å²) in [6.07, 6.45) is 3.97. The zero-order valence-electron chi connectivity index (χ0n) is 9.30. The van der Waals surface area contributed by atoms with Gasteiger partial charge in [-0.3, -0.25) is 9.59 Å². The van der Waals surface area contributed by atoms with E-state index in [0.717, 1.165) is 0 Å². The summed E-state index contributed by atoms with van der Waals surface area (Å²) in [6.45, 7) is 10.1. The minimum Gasteiger partial charge on any atom is -0.361 e. The molecule has 84 valence electrons. The molecule has 16 heavy (non-hydrogen) atoms. The number of ketones is 2. The molecule has 0 unspecified atom stereocenters. The van der Waals surface area contributed by atoms with E-state index in [-0.39, 0.29) is 18.6 Å². The van der Waals surface area contributed by atoms with Gasteiger partial charge in [-0.05, 0) is 13.8 Å². The summed E-state index contributed by atoms with van der Waals surface area (Å²) in [4.78, 5) is 28.5. The van der Waals surface area contributed by atoms with Crippen LogP contribution in [0, 0.1) is 6.57 Å². The van der Waals surface area contributed by atoms with Crippen molar-refractivity contribution in [2.24, 2.45) is 0 Å². The molecule has 5 nitrogen and oxygen atoms in total. The molecule has 0 N–H and O–H groups in total. The highest BCUT2D eigenvalue weighted by Gasteiger charge is 2.46. The molecule has 0 rings (SSSR count). The third-order valence-corrected chi connectivity index (χ3v) is 2.08. The quantitative estimate of drug-likeness (QED) is 0.223. The van der Waals surface area contributed by atoms with E-state index in [9.17, 15) is 9.59 Å². The maximum Gasteiger partial charge on any atom is 0.331 e. The predicted octanol–water partition coefficient (Wildman–Crippen LogP) is 1.46. The summed E-state index contributed by atoms with van der Waals surface area (Å²) < 4.78 is 0. The third kappa shape index (κ3) is 3.60. The molecule has 5 heteroatoms. The second-order valence-electron chi connectivity index (χ2n) is 3.40. The largest absolute Gasteiger partial charge is 0.361 e. The molecule has 0 bridgehead atoms. The molecular formula is C11H13N3O2. The van der Waals surface area contributed by atoms with Crippen molar-refractivity contribution in [1.82, 2.24) is 0 Å². The Balaban J connectivity index is 5.27. The fraction of sp³-hybridized carbons (Fsp3) is 0.455. The highest BCUT2D eigenvalue weighted by Crippen LogP contribution is 2.23. The molecule has 0 spiro atoms. The minimum absolute atomic E-state index is 0.136. The van der Waals surface area contributed by atoms with E-state index in [1.165, 1.54) is 6.92 Å². The summed E-state index contributed by atoms with van der Waals surface area (Å²) in [6, 6.07) is 0. The Bertz CT molecular complexity index is 400. The average molecular weight is 219 g/mol. The van der Waals surface area contributed by atoms with Crippen molar-refractivity contribution in [3.8, 4) is 0 Å². The fourth-order valence-corrected chi connectivity index (χ4v) is 1.30. The summed E-state index contributed by atoms with van der Waals surface area (Å²) >= 11 is 0. The van der Waals surface area contributed by atoms with Gasteiger partial charge in [-0.25, -0.2) is 6.57 Å². The molecule has 0 aromatic rings. The van der Waals surface area contributed by atoms with Crippen LogP contribution in [0.25, 0.3) is 10.4 Å². The molecule has 0 saturated heterocycles. The first-order valence-electron chi connectivity index (χ1n) is 4.73. The highest BCUT2D eigenvalue weighted by molar-refractivity contribution is 6.31. The van der Waals surface area contributed by atoms with Crippen molar-refractivity contribution in [2.75, 3.05) is 0 Å². The Morgan fingerprint density at radius 2 is 2.12 bits per heavy atom. The van der Waals surface area contributed by atoms with E-state index in [1.54, 1.807) is 19.1 Å². The van der Waals surface area contributed by atoms with Gasteiger partial charge in [-0.2, -0.15) is 4.79 Å². The molecule has 0 aromatic carbocycles. The van der Waals surface area contributed by atoms with Crippen LogP contribution in [0.4, 0.5) is 0 Å². The van der Waals surface area contributed by atoms with Gasteiger partial charge in [0, 0.05) is 0 Å². The predicted molar refractivity (Wildman–Crippen MR) is 58.8 cm³/mol. The van der Waals surface area contributed by atoms with Crippen molar-refractivity contribution in [3.63, 3.8) is 0 Å². The van der Waals surface area contributed by atoms with Gasteiger partial charge in [-0.15, -0.1) is 0 Å². The maximum absolute atomic E-state index is 11.6. The van der Waals surface area contributed by atoms with E-state index >= 15 is 0 Å². The first-order chi connectivity index (χ1) is 7.52. The van der Waals surface area contributed by atoms with Crippen molar-refractivity contribution in [3.05, 3.63) is 29.1 Å². The number of carbonyl (C=O) groups is 2. The summed E-state index contributed by atoms with van der Waals surface area (Å²) in [5.41, 5.74) is 6.83. The number of carbonyl (C=O) groups excluding carboxylic acids is 2. The average Bonchev–Trinajstić information content (AvgIpc) is 2.24. The first kappa shape index (κ1) is 13.9. The topological polar surface area (TPSA) is 74.9 Å². The van der Waals surface area contributed by atoms with Gasteiger partial charge in [0.1, 0.15) is 5.78 Å². The van der Waals surface area contributed by atoms with E-state index < -0.39 is 11.3 Å². The van der Waals surface area contributed by atoms with Crippen molar-refractivity contribution >= 4 is 17.8 Å². The summed E-state index contributed by atoms with van der Waals surface area (Å²) in [5, 5.41) is 0. The number of hydrogen-bond donors (Lipinski definition) is 0. The second kappa shape index (κ2) is 6.44. The number of hydrogen-bond acceptors (Lipinski definition) is 2. The SMILES string of the molecule is [C-]#[N+][C@](C/C=C/C)(CC(C)=O)C(=O)C=[N+]=[N-]. The van der Waals surface area contributed by atoms with Gasteiger partial charge in [0.25, 0.3) is 0 Å². The van der Waals surface area contributed by atoms with Crippen LogP contribution in [-0.4, -0.2) is 28.1 Å². The summed E-state index contributed by atoms with van der Waals surface area (Å²) in [5.74, 6) is -0.904. The normalized spacial score (nSPS) is 13.6. The summed E-state index contributed by atoms with van der Waals surface area (Å²) in [7, 11) is 0. The zero-order chi connectivity index (χ0) is 12.6. The van der Waals surface area contributed by atoms with Crippen LogP contribution in [-0.2, 0) is 9.59 Å². The third-order valence-electron chi connectivity index (χ3n) is 2.08. The van der Waals surface area contributed by atoms with Gasteiger partial charge in [0.2, 0.25) is 0 Å². The number of Topliss-reactive ketones (excluding diaryl/α,β-unsaturated/α-hetero) is 2. The van der Waals surface area contributed by atoms with E-state index in [0.29, 0.717) is 6.21 Å². The molecule has 0 heterocycles. The molecule has 1 atom stereocenters. The molecule has 0 fully saturated rings. The second-order valence-corrected chi connectivity index (χ2v) is 3.40. The lowest BCUT2D eigenvalue weighted by molar-refractivity contribution is -0.124. The standard InChI is InChI=1S/C11H13N3O2/c1-4-5-6-11(13-3,7-9(2)15)10(16)8-14-12/h4-5,8H,6-7H2,1-2H3/b5-4+/t11-/m1/s1. The van der Waals surface area contributed by atoms with Crippen LogP contribution in [0.15, 0.2) is 12.2 Å². The Hall–Kier alpha value is -2.05. The molecule has 0 aliphatic carbocycles. The molecule has 0 aliphatic rings. The number of allylic oxidation sites excluding steroid dienone is 1. The van der Waals surface area contributed by atoms with Crippen molar-refractivity contribution in [1.29, 1.82) is 0 Å². The smallest absolute Gasteiger partial charge is 0.331 e. The van der Waals surface area contributed by atoms with Gasteiger partial charge >= 0.3 is 17.5 Å². The molecular weight excluding hydrogens is 206 g/mol. The van der Waals surface area contributed by atoms with Crippen LogP contribution in [0.3, 0.4) is 0 Å². The zero-order valence-corrected chi connectivity index (χ0v) is 9.30. The maximum atomic E-state index is 11.6. The lowest BCUT2D eigenvalue weighted by Gasteiger charge is -2.13. The molecule has 0 saturated carbocycles. The highest BCUT2D eigenvalue weighted by atomic mass is 16.1. The van der Waals surface area contributed by atoms with E-state index in [1.807, 2.05) is 0 Å². The van der Waals surface area contributed by atoms with Crippen LogP contribution in [0.1, 0.15) is 26.7 Å². The van der Waals surface area contributed by atoms with Crippen molar-refractivity contribution in [2.45, 2.75) is 32.2 Å². The van der Waals surface area contributed by atoms with Crippen LogP contribution >= 0.6 is 0 Å². The lowest BCUT2D eigenvalue weighted by Crippen LogP contribution is -2.38.